The van der Waals surface area contributed by atoms with Crippen molar-refractivity contribution in [3.05, 3.63) is 0 Å². The molecule has 3 nitrogen and oxygen atoms in total. The summed E-state index contributed by atoms with van der Waals surface area (Å²) in [6.45, 7) is 4.68. The average molecular weight is 312 g/mol. The summed E-state index contributed by atoms with van der Waals surface area (Å²) in [5.41, 5.74) is -0.836. The van der Waals surface area contributed by atoms with Crippen LogP contribution in [0.5, 0.6) is 0 Å². The molecule has 0 aromatic carbocycles. The van der Waals surface area contributed by atoms with Gasteiger partial charge in [-0.15, -0.1) is 0 Å². The Morgan fingerprint density at radius 2 is 1.36 bits per heavy atom. The summed E-state index contributed by atoms with van der Waals surface area (Å²) in [5, 5.41) is 9.14. The summed E-state index contributed by atoms with van der Waals surface area (Å²) in [6, 6.07) is 0. The predicted molar refractivity (Wildman–Crippen MR) is 91.2 cm³/mol. The van der Waals surface area contributed by atoms with E-state index in [0.29, 0.717) is 6.61 Å². The highest BCUT2D eigenvalue weighted by Crippen LogP contribution is 2.38. The Morgan fingerprint density at radius 3 is 1.73 bits per heavy atom. The van der Waals surface area contributed by atoms with Gasteiger partial charge in [-0.3, -0.25) is 0 Å². The number of carbonyl (C=O) groups is 1. The Labute approximate surface area is 136 Å². The van der Waals surface area contributed by atoms with E-state index in [-0.39, 0.29) is 5.92 Å². The van der Waals surface area contributed by atoms with Crippen molar-refractivity contribution in [2.45, 2.75) is 103 Å². The van der Waals surface area contributed by atoms with Gasteiger partial charge in [-0.25, -0.2) is 4.79 Å². The number of rotatable bonds is 15. The molecule has 0 bridgehead atoms. The van der Waals surface area contributed by atoms with Crippen molar-refractivity contribution in [3.63, 3.8) is 0 Å². The molecule has 22 heavy (non-hydrogen) atoms. The molecular weight excluding hydrogens is 276 g/mol. The lowest BCUT2D eigenvalue weighted by atomic mass is 9.89. The fourth-order valence-corrected chi connectivity index (χ4v) is 3.22. The molecule has 1 aliphatic rings. The quantitative estimate of drug-likeness (QED) is 0.318. The number of unbranched alkanes of at least 4 members (excludes halogenated alkanes) is 11. The third-order valence-corrected chi connectivity index (χ3v) is 5.10. The molecule has 3 heteroatoms. The van der Waals surface area contributed by atoms with Crippen LogP contribution >= 0.6 is 0 Å². The highest BCUT2D eigenvalue weighted by molar-refractivity contribution is 5.80. The van der Waals surface area contributed by atoms with Crippen molar-refractivity contribution in [3.8, 4) is 0 Å². The minimum absolute atomic E-state index is 0.146. The van der Waals surface area contributed by atoms with Crippen molar-refractivity contribution in [1.29, 1.82) is 0 Å². The van der Waals surface area contributed by atoms with Gasteiger partial charge in [-0.2, -0.15) is 0 Å². The molecule has 0 radical (unpaired) electrons. The molecule has 1 aliphatic heterocycles. The molecule has 0 spiro atoms. The van der Waals surface area contributed by atoms with Gasteiger partial charge in [0.25, 0.3) is 0 Å². The van der Waals surface area contributed by atoms with Crippen LogP contribution < -0.4 is 0 Å². The van der Waals surface area contributed by atoms with Crippen molar-refractivity contribution in [1.82, 2.24) is 0 Å². The molecule has 1 N–H and O–H groups in total. The van der Waals surface area contributed by atoms with Crippen molar-refractivity contribution < 1.29 is 14.6 Å². The maximum Gasteiger partial charge on any atom is 0.338 e. The third kappa shape index (κ3) is 7.13. The van der Waals surface area contributed by atoms with E-state index in [4.69, 9.17) is 9.84 Å². The topological polar surface area (TPSA) is 49.8 Å². The first-order valence-electron chi connectivity index (χ1n) is 9.51. The second-order valence-electron chi connectivity index (χ2n) is 7.06. The van der Waals surface area contributed by atoms with E-state index in [1.54, 1.807) is 0 Å². The molecular formula is C19H36O3. The maximum absolute atomic E-state index is 11.1. The monoisotopic (exact) mass is 312 g/mol. The van der Waals surface area contributed by atoms with Gasteiger partial charge in [0, 0.05) is 0 Å². The average Bonchev–Trinajstić information content (AvgIpc) is 3.30. The molecule has 2 unspecified atom stereocenters. The predicted octanol–water partition coefficient (Wildman–Crippen LogP) is 5.57. The number of aliphatic carboxylic acids is 1. The lowest BCUT2D eigenvalue weighted by Crippen LogP contribution is -2.31. The summed E-state index contributed by atoms with van der Waals surface area (Å²) in [6.07, 6.45) is 17.1. The van der Waals surface area contributed by atoms with Gasteiger partial charge >= 0.3 is 5.97 Å². The Hall–Kier alpha value is -0.570. The van der Waals surface area contributed by atoms with Gasteiger partial charge < -0.3 is 9.84 Å². The van der Waals surface area contributed by atoms with Crippen molar-refractivity contribution in [2.24, 2.45) is 5.92 Å². The minimum atomic E-state index is -0.836. The Kier molecular flexibility index (Phi) is 9.77. The summed E-state index contributed by atoms with van der Waals surface area (Å²) >= 11 is 0. The van der Waals surface area contributed by atoms with E-state index in [9.17, 15) is 4.79 Å². The molecule has 0 aromatic rings. The Bertz CT molecular complexity index is 297. The fourth-order valence-electron chi connectivity index (χ4n) is 3.22. The van der Waals surface area contributed by atoms with Gasteiger partial charge in [-0.05, 0) is 12.3 Å². The van der Waals surface area contributed by atoms with Gasteiger partial charge in [0.15, 0.2) is 5.60 Å². The van der Waals surface area contributed by atoms with E-state index < -0.39 is 11.6 Å². The summed E-state index contributed by atoms with van der Waals surface area (Å²) in [4.78, 5) is 11.1. The fraction of sp³-hybridized carbons (Fsp3) is 0.947. The van der Waals surface area contributed by atoms with Crippen LogP contribution in [0.4, 0.5) is 0 Å². The highest BCUT2D eigenvalue weighted by atomic mass is 16.6. The molecule has 0 saturated carbocycles. The number of ether oxygens (including phenoxy) is 1. The van der Waals surface area contributed by atoms with E-state index in [1.807, 2.05) is 6.92 Å². The molecule has 1 heterocycles. The zero-order chi connectivity index (χ0) is 16.3. The van der Waals surface area contributed by atoms with Gasteiger partial charge in [0.1, 0.15) is 0 Å². The van der Waals surface area contributed by atoms with Gasteiger partial charge in [0.2, 0.25) is 0 Å². The number of carboxylic acid groups (broad SMARTS) is 1. The molecule has 0 amide bonds. The zero-order valence-corrected chi connectivity index (χ0v) is 14.7. The van der Waals surface area contributed by atoms with Crippen LogP contribution in [0, 0.1) is 5.92 Å². The number of carboxylic acids is 1. The molecule has 0 aliphatic carbocycles. The lowest BCUT2D eigenvalue weighted by Gasteiger charge is -2.15. The normalized spacial score (nSPS) is 21.7. The second-order valence-corrected chi connectivity index (χ2v) is 7.06. The third-order valence-electron chi connectivity index (χ3n) is 5.10. The smallest absolute Gasteiger partial charge is 0.338 e. The Balaban J connectivity index is 1.83. The van der Waals surface area contributed by atoms with Crippen LogP contribution in [0.1, 0.15) is 97.3 Å². The van der Waals surface area contributed by atoms with E-state index in [1.165, 1.54) is 70.6 Å². The highest BCUT2D eigenvalue weighted by Gasteiger charge is 2.56. The first-order valence-corrected chi connectivity index (χ1v) is 9.51. The molecule has 1 fully saturated rings. The second kappa shape index (κ2) is 11.0. The first kappa shape index (κ1) is 19.5. The molecule has 0 aromatic heterocycles. The number of epoxide rings is 1. The molecule has 2 atom stereocenters. The van der Waals surface area contributed by atoms with Gasteiger partial charge in [-0.1, -0.05) is 90.9 Å². The summed E-state index contributed by atoms with van der Waals surface area (Å²) in [5.74, 6) is -0.632. The largest absolute Gasteiger partial charge is 0.479 e. The van der Waals surface area contributed by atoms with Crippen LogP contribution in [-0.2, 0) is 9.53 Å². The van der Waals surface area contributed by atoms with Crippen LogP contribution in [0.2, 0.25) is 0 Å². The maximum atomic E-state index is 11.1. The van der Waals surface area contributed by atoms with Crippen LogP contribution in [-0.4, -0.2) is 23.3 Å². The van der Waals surface area contributed by atoms with Crippen LogP contribution in [0.15, 0.2) is 0 Å². The van der Waals surface area contributed by atoms with Gasteiger partial charge in [0.05, 0.1) is 6.61 Å². The summed E-state index contributed by atoms with van der Waals surface area (Å²) < 4.78 is 5.18. The van der Waals surface area contributed by atoms with Crippen LogP contribution in [0.25, 0.3) is 0 Å². The van der Waals surface area contributed by atoms with E-state index in [0.717, 1.165) is 12.8 Å². The van der Waals surface area contributed by atoms with E-state index >= 15 is 0 Å². The SMILES string of the molecule is CCCCCCCCCCCCCCC(C)C1(C(=O)O)CO1. The summed E-state index contributed by atoms with van der Waals surface area (Å²) in [7, 11) is 0. The minimum Gasteiger partial charge on any atom is -0.479 e. The lowest BCUT2D eigenvalue weighted by molar-refractivity contribution is -0.145. The number of hydrogen-bond acceptors (Lipinski definition) is 2. The first-order chi connectivity index (χ1) is 10.6. The zero-order valence-electron chi connectivity index (χ0n) is 14.7. The van der Waals surface area contributed by atoms with Crippen LogP contribution in [0.3, 0.4) is 0 Å². The van der Waals surface area contributed by atoms with Crippen molar-refractivity contribution in [2.75, 3.05) is 6.61 Å². The van der Waals surface area contributed by atoms with E-state index in [2.05, 4.69) is 6.92 Å². The molecule has 1 rings (SSSR count). The molecule has 130 valence electrons. The number of hydrogen-bond donors (Lipinski definition) is 1. The standard InChI is InChI=1S/C19H36O3/c1-3-4-5-6-7-8-9-10-11-12-13-14-15-17(2)19(16-22-19)18(20)21/h17H,3-16H2,1-2H3,(H,20,21). The Morgan fingerprint density at radius 1 is 0.955 bits per heavy atom. The molecule has 1 saturated heterocycles. The van der Waals surface area contributed by atoms with Crippen molar-refractivity contribution >= 4 is 5.97 Å².